The van der Waals surface area contributed by atoms with E-state index in [2.05, 4.69) is 20.7 Å². The second-order valence-electron chi connectivity index (χ2n) is 3.73. The van der Waals surface area contributed by atoms with Crippen LogP contribution in [0.5, 0.6) is 0 Å². The maximum absolute atomic E-state index is 11.9. The van der Waals surface area contributed by atoms with E-state index in [0.29, 0.717) is 13.0 Å². The van der Waals surface area contributed by atoms with Crippen LogP contribution in [0, 0.1) is 0 Å². The van der Waals surface area contributed by atoms with E-state index in [9.17, 15) is 8.42 Å². The van der Waals surface area contributed by atoms with E-state index in [4.69, 9.17) is 4.42 Å². The molecule has 0 aliphatic rings. The van der Waals surface area contributed by atoms with Crippen LogP contribution in [0.1, 0.15) is 5.56 Å². The highest BCUT2D eigenvalue weighted by Crippen LogP contribution is 2.14. The summed E-state index contributed by atoms with van der Waals surface area (Å²) in [5, 5.41) is 0. The number of nitrogens with one attached hydrogen (secondary N) is 1. The fraction of sp³-hybridized carbons (Fsp3) is 0.167. The summed E-state index contributed by atoms with van der Waals surface area (Å²) in [5.41, 5.74) is 0.966. The lowest BCUT2D eigenvalue weighted by Gasteiger charge is -2.05. The van der Waals surface area contributed by atoms with Crippen LogP contribution in [0.15, 0.2) is 56.6 Å². The Bertz CT molecular complexity index is 591. The number of benzene rings is 1. The molecule has 0 radical (unpaired) electrons. The summed E-state index contributed by atoms with van der Waals surface area (Å²) in [6, 6.07) is 8.33. The molecule has 2 aromatic rings. The van der Waals surface area contributed by atoms with Gasteiger partial charge in [0.15, 0.2) is 0 Å². The van der Waals surface area contributed by atoms with Gasteiger partial charge in [-0.15, -0.1) is 0 Å². The summed E-state index contributed by atoms with van der Waals surface area (Å²) >= 11 is 3.27. The molecule has 0 aliphatic heterocycles. The molecule has 0 amide bonds. The molecular formula is C12H12BrNO3S. The second-order valence-corrected chi connectivity index (χ2v) is 6.42. The average molecular weight is 330 g/mol. The monoisotopic (exact) mass is 329 g/mol. The summed E-state index contributed by atoms with van der Waals surface area (Å²) in [5.74, 6) is 0. The maximum Gasteiger partial charge on any atom is 0.240 e. The van der Waals surface area contributed by atoms with Gasteiger partial charge in [-0.3, -0.25) is 0 Å². The molecule has 0 fully saturated rings. The summed E-state index contributed by atoms with van der Waals surface area (Å²) in [6.45, 7) is 0.345. The molecule has 0 saturated heterocycles. The lowest BCUT2D eigenvalue weighted by molar-refractivity contribution is 0.562. The van der Waals surface area contributed by atoms with Crippen LogP contribution in [0.3, 0.4) is 0 Å². The molecule has 2 rings (SSSR count). The van der Waals surface area contributed by atoms with Crippen LogP contribution in [0.4, 0.5) is 0 Å². The summed E-state index contributed by atoms with van der Waals surface area (Å²) in [7, 11) is -3.43. The molecule has 0 bridgehead atoms. The predicted octanol–water partition coefficient (Wildman–Crippen LogP) is 2.56. The van der Waals surface area contributed by atoms with E-state index >= 15 is 0 Å². The third-order valence-electron chi connectivity index (χ3n) is 2.41. The van der Waals surface area contributed by atoms with Gasteiger partial charge in [-0.1, -0.05) is 15.9 Å². The molecule has 96 valence electrons. The van der Waals surface area contributed by atoms with Gasteiger partial charge in [0.25, 0.3) is 0 Å². The van der Waals surface area contributed by atoms with Gasteiger partial charge < -0.3 is 4.42 Å². The molecule has 0 spiro atoms. The fourth-order valence-corrected chi connectivity index (χ4v) is 2.76. The van der Waals surface area contributed by atoms with Crippen molar-refractivity contribution in [3.63, 3.8) is 0 Å². The Morgan fingerprint density at radius 3 is 2.50 bits per heavy atom. The number of rotatable bonds is 5. The Morgan fingerprint density at radius 2 is 1.89 bits per heavy atom. The molecule has 0 saturated carbocycles. The molecular weight excluding hydrogens is 318 g/mol. The highest BCUT2D eigenvalue weighted by molar-refractivity contribution is 9.10. The van der Waals surface area contributed by atoms with Crippen molar-refractivity contribution in [2.45, 2.75) is 11.3 Å². The zero-order valence-electron chi connectivity index (χ0n) is 9.47. The van der Waals surface area contributed by atoms with Crippen molar-refractivity contribution in [3.05, 3.63) is 52.9 Å². The molecule has 1 aromatic heterocycles. The molecule has 0 unspecified atom stereocenters. The van der Waals surface area contributed by atoms with Gasteiger partial charge in [-0.05, 0) is 42.3 Å². The van der Waals surface area contributed by atoms with Crippen LogP contribution in [0.25, 0.3) is 0 Å². The molecule has 1 aromatic carbocycles. The number of sulfonamides is 1. The molecule has 0 atom stereocenters. The van der Waals surface area contributed by atoms with Crippen molar-refractivity contribution < 1.29 is 12.8 Å². The Labute approximate surface area is 114 Å². The molecule has 18 heavy (non-hydrogen) atoms. The lowest BCUT2D eigenvalue weighted by atomic mass is 10.2. The van der Waals surface area contributed by atoms with E-state index in [0.717, 1.165) is 10.0 Å². The van der Waals surface area contributed by atoms with E-state index in [1.54, 1.807) is 36.8 Å². The van der Waals surface area contributed by atoms with Crippen LogP contribution >= 0.6 is 15.9 Å². The van der Waals surface area contributed by atoms with Gasteiger partial charge in [0.2, 0.25) is 10.0 Å². The summed E-state index contributed by atoms with van der Waals surface area (Å²) < 4.78 is 32.2. The zero-order valence-corrected chi connectivity index (χ0v) is 11.9. The minimum Gasteiger partial charge on any atom is -0.472 e. The maximum atomic E-state index is 11.9. The minimum atomic E-state index is -3.43. The number of hydrogen-bond donors (Lipinski definition) is 1. The van der Waals surface area contributed by atoms with Gasteiger partial charge in [0.05, 0.1) is 17.4 Å². The van der Waals surface area contributed by atoms with Crippen LogP contribution < -0.4 is 4.72 Å². The molecule has 1 N–H and O–H groups in total. The smallest absolute Gasteiger partial charge is 0.240 e. The molecule has 1 heterocycles. The molecule has 6 heteroatoms. The Kier molecular flexibility index (Phi) is 4.21. The standard InChI is InChI=1S/C12H12BrNO3S/c13-11-1-3-12(4-2-11)18(15,16)14-7-5-10-6-8-17-9-10/h1-4,6,8-9,14H,5,7H2. The van der Waals surface area contributed by atoms with E-state index in [-0.39, 0.29) is 4.90 Å². The largest absolute Gasteiger partial charge is 0.472 e. The van der Waals surface area contributed by atoms with Crippen molar-refractivity contribution in [1.29, 1.82) is 0 Å². The van der Waals surface area contributed by atoms with Gasteiger partial charge in [-0.25, -0.2) is 13.1 Å². The van der Waals surface area contributed by atoms with Crippen molar-refractivity contribution >= 4 is 26.0 Å². The summed E-state index contributed by atoms with van der Waals surface area (Å²) in [4.78, 5) is 0.262. The van der Waals surface area contributed by atoms with Crippen molar-refractivity contribution in [2.24, 2.45) is 0 Å². The minimum absolute atomic E-state index is 0.262. The quantitative estimate of drug-likeness (QED) is 0.917. The molecule has 0 aliphatic carbocycles. The SMILES string of the molecule is O=S(=O)(NCCc1ccoc1)c1ccc(Br)cc1. The predicted molar refractivity (Wildman–Crippen MR) is 71.7 cm³/mol. The third-order valence-corrected chi connectivity index (χ3v) is 4.42. The van der Waals surface area contributed by atoms with Gasteiger partial charge >= 0.3 is 0 Å². The van der Waals surface area contributed by atoms with E-state index in [1.807, 2.05) is 6.07 Å². The number of halogens is 1. The first-order valence-electron chi connectivity index (χ1n) is 5.34. The van der Waals surface area contributed by atoms with Crippen LogP contribution in [-0.2, 0) is 16.4 Å². The first-order chi connectivity index (χ1) is 8.58. The fourth-order valence-electron chi connectivity index (χ4n) is 1.46. The first-order valence-corrected chi connectivity index (χ1v) is 7.62. The van der Waals surface area contributed by atoms with Gasteiger partial charge in [-0.2, -0.15) is 0 Å². The Morgan fingerprint density at radius 1 is 1.17 bits per heavy atom. The van der Waals surface area contributed by atoms with E-state index in [1.165, 1.54) is 0 Å². The summed E-state index contributed by atoms with van der Waals surface area (Å²) in [6.07, 6.45) is 3.78. The van der Waals surface area contributed by atoms with Crippen molar-refractivity contribution in [1.82, 2.24) is 4.72 Å². The van der Waals surface area contributed by atoms with Gasteiger partial charge in [0, 0.05) is 11.0 Å². The number of hydrogen-bond acceptors (Lipinski definition) is 3. The van der Waals surface area contributed by atoms with E-state index < -0.39 is 10.0 Å². The highest BCUT2D eigenvalue weighted by atomic mass is 79.9. The normalized spacial score (nSPS) is 11.6. The lowest BCUT2D eigenvalue weighted by Crippen LogP contribution is -2.25. The zero-order chi connectivity index (χ0) is 13.0. The second kappa shape index (κ2) is 5.69. The first kappa shape index (κ1) is 13.3. The van der Waals surface area contributed by atoms with Crippen LogP contribution in [0.2, 0.25) is 0 Å². The number of furan rings is 1. The average Bonchev–Trinajstić information content (AvgIpc) is 2.82. The topological polar surface area (TPSA) is 59.3 Å². The Balaban J connectivity index is 1.97. The van der Waals surface area contributed by atoms with Crippen LogP contribution in [-0.4, -0.2) is 15.0 Å². The highest BCUT2D eigenvalue weighted by Gasteiger charge is 2.12. The van der Waals surface area contributed by atoms with Crippen molar-refractivity contribution in [2.75, 3.05) is 6.54 Å². The van der Waals surface area contributed by atoms with Crippen molar-refractivity contribution in [3.8, 4) is 0 Å². The Hall–Kier alpha value is -1.11. The third kappa shape index (κ3) is 3.44. The van der Waals surface area contributed by atoms with Gasteiger partial charge in [0.1, 0.15) is 0 Å². The molecule has 4 nitrogen and oxygen atoms in total.